The van der Waals surface area contributed by atoms with Gasteiger partial charge in [0, 0.05) is 7.11 Å². The van der Waals surface area contributed by atoms with Gasteiger partial charge in [-0.25, -0.2) is 0 Å². The average molecular weight is 261 g/mol. The molecule has 102 valence electrons. The summed E-state index contributed by atoms with van der Waals surface area (Å²) in [6.45, 7) is 3.55. The first kappa shape index (κ1) is 15.0. The molecule has 0 amide bonds. The summed E-state index contributed by atoms with van der Waals surface area (Å²) in [5, 5.41) is 3.06. The maximum atomic E-state index is 12.6. The number of benzene rings is 1. The van der Waals surface area contributed by atoms with Crippen LogP contribution in [0.15, 0.2) is 18.2 Å². The molecular weight excluding hydrogens is 243 g/mol. The number of hydrogen-bond donors (Lipinski definition) is 1. The first-order chi connectivity index (χ1) is 8.31. The second kappa shape index (κ2) is 5.71. The van der Waals surface area contributed by atoms with Gasteiger partial charge in [0.1, 0.15) is 0 Å². The number of methoxy groups -OCH3 is 1. The Morgan fingerprint density at radius 3 is 2.28 bits per heavy atom. The van der Waals surface area contributed by atoms with Crippen molar-refractivity contribution in [3.8, 4) is 0 Å². The number of likely N-dealkylation sites (N-methyl/N-ethyl adjacent to an activating group) is 1. The van der Waals surface area contributed by atoms with Crippen LogP contribution in [0.3, 0.4) is 0 Å². The first-order valence-corrected chi connectivity index (χ1v) is 5.69. The summed E-state index contributed by atoms with van der Waals surface area (Å²) >= 11 is 0. The molecule has 0 fully saturated rings. The van der Waals surface area contributed by atoms with Gasteiger partial charge in [0.15, 0.2) is 0 Å². The molecule has 2 atom stereocenters. The third kappa shape index (κ3) is 3.23. The van der Waals surface area contributed by atoms with Crippen molar-refractivity contribution in [2.24, 2.45) is 0 Å². The Kier molecular flexibility index (Phi) is 4.76. The molecule has 2 unspecified atom stereocenters. The van der Waals surface area contributed by atoms with E-state index in [4.69, 9.17) is 4.74 Å². The predicted molar refractivity (Wildman–Crippen MR) is 64.5 cm³/mol. The number of aryl methyl sites for hydroxylation is 1. The van der Waals surface area contributed by atoms with Crippen molar-refractivity contribution in [2.75, 3.05) is 14.2 Å². The molecule has 0 heterocycles. The number of nitrogens with one attached hydrogen (secondary N) is 1. The summed E-state index contributed by atoms with van der Waals surface area (Å²) in [7, 11) is 3.34. The molecule has 1 rings (SSSR count). The Hall–Kier alpha value is -1.07. The molecule has 0 aliphatic carbocycles. The van der Waals surface area contributed by atoms with Crippen LogP contribution in [0.4, 0.5) is 13.2 Å². The van der Waals surface area contributed by atoms with Gasteiger partial charge in [-0.2, -0.15) is 13.2 Å². The number of rotatable bonds is 4. The Bertz CT molecular complexity index is 404. The zero-order valence-corrected chi connectivity index (χ0v) is 10.9. The summed E-state index contributed by atoms with van der Waals surface area (Å²) < 4.78 is 42.9. The normalized spacial score (nSPS) is 15.5. The van der Waals surface area contributed by atoms with Gasteiger partial charge in [-0.3, -0.25) is 0 Å². The van der Waals surface area contributed by atoms with Gasteiger partial charge in [0.25, 0.3) is 0 Å². The number of alkyl halides is 3. The van der Waals surface area contributed by atoms with Gasteiger partial charge in [0.05, 0.1) is 17.7 Å². The van der Waals surface area contributed by atoms with Crippen molar-refractivity contribution >= 4 is 0 Å². The van der Waals surface area contributed by atoms with Gasteiger partial charge in [-0.05, 0) is 44.2 Å². The highest BCUT2D eigenvalue weighted by Crippen LogP contribution is 2.32. The van der Waals surface area contributed by atoms with E-state index < -0.39 is 11.7 Å². The highest BCUT2D eigenvalue weighted by atomic mass is 19.4. The molecule has 0 aliphatic heterocycles. The minimum Gasteiger partial charge on any atom is -0.380 e. The monoisotopic (exact) mass is 261 g/mol. The van der Waals surface area contributed by atoms with E-state index in [1.807, 2.05) is 6.92 Å². The molecule has 0 saturated carbocycles. The number of hydrogen-bond acceptors (Lipinski definition) is 2. The van der Waals surface area contributed by atoms with Gasteiger partial charge in [-0.1, -0.05) is 6.07 Å². The van der Waals surface area contributed by atoms with Crippen LogP contribution in [-0.4, -0.2) is 20.3 Å². The highest BCUT2D eigenvalue weighted by Gasteiger charge is 2.31. The van der Waals surface area contributed by atoms with Crippen LogP contribution < -0.4 is 5.32 Å². The van der Waals surface area contributed by atoms with E-state index in [9.17, 15) is 13.2 Å². The lowest BCUT2D eigenvalue weighted by Gasteiger charge is -2.25. The third-order valence-corrected chi connectivity index (χ3v) is 3.08. The van der Waals surface area contributed by atoms with E-state index in [0.717, 1.165) is 11.6 Å². The molecule has 0 aromatic heterocycles. The minimum atomic E-state index is -4.30. The number of halogens is 3. The van der Waals surface area contributed by atoms with Crippen LogP contribution in [0.1, 0.15) is 29.7 Å². The summed E-state index contributed by atoms with van der Waals surface area (Å²) in [6.07, 6.45) is -4.42. The van der Waals surface area contributed by atoms with E-state index in [2.05, 4.69) is 5.32 Å². The molecule has 1 aromatic rings. The molecule has 1 aromatic carbocycles. The minimum absolute atomic E-state index is 0.120. The molecule has 2 nitrogen and oxygen atoms in total. The molecular formula is C13H18F3NO. The van der Waals surface area contributed by atoms with Crippen LogP contribution in [0.2, 0.25) is 0 Å². The maximum absolute atomic E-state index is 12.6. The van der Waals surface area contributed by atoms with Crippen LogP contribution in [0, 0.1) is 6.92 Å². The van der Waals surface area contributed by atoms with Gasteiger partial charge in [-0.15, -0.1) is 0 Å². The van der Waals surface area contributed by atoms with E-state index in [1.54, 1.807) is 21.1 Å². The van der Waals surface area contributed by atoms with Crippen LogP contribution >= 0.6 is 0 Å². The number of ether oxygens (including phenoxy) is 1. The fourth-order valence-electron chi connectivity index (χ4n) is 1.98. The maximum Gasteiger partial charge on any atom is 0.416 e. The third-order valence-electron chi connectivity index (χ3n) is 3.08. The van der Waals surface area contributed by atoms with Crippen molar-refractivity contribution in [1.82, 2.24) is 5.32 Å². The van der Waals surface area contributed by atoms with Crippen LogP contribution in [0.5, 0.6) is 0 Å². The standard InChI is InChI=1S/C13H18F3NO/c1-8-7-10(13(14,15)16)5-6-11(8)12(17-3)9(2)18-4/h5-7,9,12,17H,1-4H3. The summed E-state index contributed by atoms with van der Waals surface area (Å²) in [6, 6.07) is 3.66. The van der Waals surface area contributed by atoms with Crippen LogP contribution in [0.25, 0.3) is 0 Å². The topological polar surface area (TPSA) is 21.3 Å². The Balaban J connectivity index is 3.12. The van der Waals surface area contributed by atoms with Gasteiger partial charge in [0.2, 0.25) is 0 Å². The summed E-state index contributed by atoms with van der Waals surface area (Å²) in [4.78, 5) is 0. The molecule has 5 heteroatoms. The van der Waals surface area contributed by atoms with Crippen molar-refractivity contribution in [1.29, 1.82) is 0 Å². The lowest BCUT2D eigenvalue weighted by atomic mass is 9.95. The summed E-state index contributed by atoms with van der Waals surface area (Å²) in [5.41, 5.74) is 0.802. The van der Waals surface area contributed by atoms with Crippen LogP contribution in [-0.2, 0) is 10.9 Å². The second-order valence-corrected chi connectivity index (χ2v) is 4.28. The van der Waals surface area contributed by atoms with E-state index in [0.29, 0.717) is 5.56 Å². The fraction of sp³-hybridized carbons (Fsp3) is 0.538. The molecule has 18 heavy (non-hydrogen) atoms. The smallest absolute Gasteiger partial charge is 0.380 e. The largest absolute Gasteiger partial charge is 0.416 e. The summed E-state index contributed by atoms with van der Waals surface area (Å²) in [5.74, 6) is 0. The Labute approximate surface area is 105 Å². The fourth-order valence-corrected chi connectivity index (χ4v) is 1.98. The molecule has 0 aliphatic rings. The zero-order chi connectivity index (χ0) is 13.9. The lowest BCUT2D eigenvalue weighted by Crippen LogP contribution is -2.29. The average Bonchev–Trinajstić information content (AvgIpc) is 2.30. The van der Waals surface area contributed by atoms with Gasteiger partial charge < -0.3 is 10.1 Å². The predicted octanol–water partition coefficient (Wildman–Crippen LogP) is 3.31. The van der Waals surface area contributed by atoms with E-state index in [-0.39, 0.29) is 12.1 Å². The Morgan fingerprint density at radius 1 is 1.28 bits per heavy atom. The zero-order valence-electron chi connectivity index (χ0n) is 10.9. The molecule has 0 radical (unpaired) electrons. The van der Waals surface area contributed by atoms with E-state index in [1.165, 1.54) is 12.1 Å². The molecule has 1 N–H and O–H groups in total. The Morgan fingerprint density at radius 2 is 1.89 bits per heavy atom. The quantitative estimate of drug-likeness (QED) is 0.897. The van der Waals surface area contributed by atoms with Crippen molar-refractivity contribution in [3.63, 3.8) is 0 Å². The lowest BCUT2D eigenvalue weighted by molar-refractivity contribution is -0.137. The first-order valence-electron chi connectivity index (χ1n) is 5.69. The second-order valence-electron chi connectivity index (χ2n) is 4.28. The molecule has 0 saturated heterocycles. The van der Waals surface area contributed by atoms with Crippen molar-refractivity contribution in [3.05, 3.63) is 34.9 Å². The molecule has 0 bridgehead atoms. The van der Waals surface area contributed by atoms with Crippen molar-refractivity contribution in [2.45, 2.75) is 32.2 Å². The SMILES string of the molecule is CNC(c1ccc(C(F)(F)F)cc1C)C(C)OC. The van der Waals surface area contributed by atoms with E-state index >= 15 is 0 Å². The molecule has 0 spiro atoms. The highest BCUT2D eigenvalue weighted by molar-refractivity contribution is 5.35. The van der Waals surface area contributed by atoms with Crippen molar-refractivity contribution < 1.29 is 17.9 Å². The van der Waals surface area contributed by atoms with Gasteiger partial charge >= 0.3 is 6.18 Å².